The molecule has 1 saturated heterocycles. The maximum absolute atomic E-state index is 13.0. The van der Waals surface area contributed by atoms with Crippen molar-refractivity contribution in [3.63, 3.8) is 0 Å². The number of amides is 1. The molecule has 0 aliphatic carbocycles. The molecular formula is C21H26FN3O3S. The highest BCUT2D eigenvalue weighted by molar-refractivity contribution is 7.89. The molecule has 1 aliphatic heterocycles. The Bertz CT molecular complexity index is 940. The monoisotopic (exact) mass is 419 g/mol. The van der Waals surface area contributed by atoms with Crippen molar-refractivity contribution in [2.45, 2.75) is 37.2 Å². The minimum atomic E-state index is -3.47. The number of carbonyl (C=O) groups is 1. The number of benzene rings is 2. The molecule has 1 heterocycles. The van der Waals surface area contributed by atoms with Crippen LogP contribution in [0.1, 0.15) is 25.3 Å². The van der Waals surface area contributed by atoms with E-state index in [1.807, 2.05) is 11.9 Å². The number of halogens is 1. The molecule has 8 heteroatoms. The second kappa shape index (κ2) is 9.02. The Labute approximate surface area is 171 Å². The van der Waals surface area contributed by atoms with Gasteiger partial charge in [-0.25, -0.2) is 12.8 Å². The van der Waals surface area contributed by atoms with Gasteiger partial charge in [-0.05, 0) is 68.8 Å². The molecule has 1 atom stereocenters. The molecule has 2 aromatic carbocycles. The summed E-state index contributed by atoms with van der Waals surface area (Å²) in [6.07, 6.45) is 1.77. The zero-order valence-electron chi connectivity index (χ0n) is 16.6. The van der Waals surface area contributed by atoms with Crippen LogP contribution in [0.3, 0.4) is 0 Å². The van der Waals surface area contributed by atoms with Crippen LogP contribution in [0.25, 0.3) is 0 Å². The van der Waals surface area contributed by atoms with Gasteiger partial charge in [-0.3, -0.25) is 9.69 Å². The van der Waals surface area contributed by atoms with Gasteiger partial charge >= 0.3 is 0 Å². The number of likely N-dealkylation sites (N-methyl/N-ethyl adjacent to an activating group) is 1. The van der Waals surface area contributed by atoms with Gasteiger partial charge in [-0.15, -0.1) is 0 Å². The molecule has 0 spiro atoms. The van der Waals surface area contributed by atoms with E-state index in [1.54, 1.807) is 31.2 Å². The lowest BCUT2D eigenvalue weighted by atomic mass is 10.2. The van der Waals surface area contributed by atoms with E-state index < -0.39 is 16.1 Å². The van der Waals surface area contributed by atoms with Crippen LogP contribution in [0, 0.1) is 5.82 Å². The van der Waals surface area contributed by atoms with Crippen molar-refractivity contribution in [2.75, 3.05) is 25.5 Å². The van der Waals surface area contributed by atoms with Crippen LogP contribution in [0.15, 0.2) is 53.4 Å². The van der Waals surface area contributed by atoms with Crippen LogP contribution in [-0.2, 0) is 21.4 Å². The number of hydrogen-bond donors (Lipinski definition) is 1. The van der Waals surface area contributed by atoms with E-state index in [0.29, 0.717) is 25.3 Å². The number of rotatable bonds is 7. The summed E-state index contributed by atoms with van der Waals surface area (Å²) in [4.78, 5) is 14.6. The van der Waals surface area contributed by atoms with Crippen LogP contribution < -0.4 is 5.32 Å². The average molecular weight is 420 g/mol. The maximum Gasteiger partial charge on any atom is 0.243 e. The normalized spacial score (nSPS) is 16.1. The number of anilines is 1. The van der Waals surface area contributed by atoms with E-state index >= 15 is 0 Å². The third kappa shape index (κ3) is 5.20. The lowest BCUT2D eigenvalue weighted by molar-refractivity contribution is -0.120. The van der Waals surface area contributed by atoms with Crippen molar-refractivity contribution in [1.82, 2.24) is 9.21 Å². The van der Waals surface area contributed by atoms with Crippen molar-refractivity contribution in [3.8, 4) is 0 Å². The fourth-order valence-corrected chi connectivity index (χ4v) is 4.77. The summed E-state index contributed by atoms with van der Waals surface area (Å²) in [5.74, 6) is -0.498. The van der Waals surface area contributed by atoms with E-state index in [-0.39, 0.29) is 16.6 Å². The molecule has 156 valence electrons. The van der Waals surface area contributed by atoms with Crippen LogP contribution in [0.4, 0.5) is 10.1 Å². The van der Waals surface area contributed by atoms with E-state index in [1.165, 1.54) is 28.6 Å². The number of carbonyl (C=O) groups excluding carboxylic acids is 1. The van der Waals surface area contributed by atoms with Gasteiger partial charge in [-0.2, -0.15) is 4.31 Å². The fraction of sp³-hybridized carbons (Fsp3) is 0.381. The smallest absolute Gasteiger partial charge is 0.243 e. The van der Waals surface area contributed by atoms with Crippen LogP contribution in [0.5, 0.6) is 0 Å². The largest absolute Gasteiger partial charge is 0.325 e. The van der Waals surface area contributed by atoms with Crippen LogP contribution >= 0.6 is 0 Å². The van der Waals surface area contributed by atoms with Gasteiger partial charge in [-0.1, -0.05) is 12.1 Å². The molecular weight excluding hydrogens is 393 g/mol. The highest BCUT2D eigenvalue weighted by Gasteiger charge is 2.27. The summed E-state index contributed by atoms with van der Waals surface area (Å²) in [6, 6.07) is 12.0. The minimum absolute atomic E-state index is 0.204. The molecule has 0 radical (unpaired) electrons. The topological polar surface area (TPSA) is 69.7 Å². The average Bonchev–Trinajstić information content (AvgIpc) is 3.25. The molecule has 3 rings (SSSR count). The van der Waals surface area contributed by atoms with Crippen molar-refractivity contribution in [1.29, 1.82) is 0 Å². The van der Waals surface area contributed by atoms with E-state index in [4.69, 9.17) is 0 Å². The predicted octanol–water partition coefficient (Wildman–Crippen LogP) is 3.07. The summed E-state index contributed by atoms with van der Waals surface area (Å²) in [5, 5.41) is 2.82. The molecule has 0 unspecified atom stereocenters. The first-order valence-electron chi connectivity index (χ1n) is 9.63. The third-order valence-electron chi connectivity index (χ3n) is 5.21. The molecule has 2 aromatic rings. The van der Waals surface area contributed by atoms with Crippen LogP contribution in [-0.4, -0.2) is 49.7 Å². The number of nitrogens with zero attached hydrogens (tertiary/aromatic N) is 2. The Balaban J connectivity index is 1.60. The van der Waals surface area contributed by atoms with Crippen molar-refractivity contribution >= 4 is 21.6 Å². The van der Waals surface area contributed by atoms with Crippen molar-refractivity contribution in [3.05, 3.63) is 59.9 Å². The van der Waals surface area contributed by atoms with Gasteiger partial charge < -0.3 is 5.32 Å². The highest BCUT2D eigenvalue weighted by atomic mass is 32.2. The first-order valence-corrected chi connectivity index (χ1v) is 11.1. The Morgan fingerprint density at radius 1 is 1.10 bits per heavy atom. The quantitative estimate of drug-likeness (QED) is 0.749. The van der Waals surface area contributed by atoms with Gasteiger partial charge in [0.15, 0.2) is 0 Å². The van der Waals surface area contributed by atoms with Crippen molar-refractivity contribution in [2.24, 2.45) is 0 Å². The summed E-state index contributed by atoms with van der Waals surface area (Å²) < 4.78 is 39.7. The van der Waals surface area contributed by atoms with Gasteiger partial charge in [0.1, 0.15) is 5.82 Å². The second-order valence-electron chi connectivity index (χ2n) is 7.34. The first kappa shape index (κ1) is 21.4. The molecule has 1 fully saturated rings. The highest BCUT2D eigenvalue weighted by Crippen LogP contribution is 2.22. The summed E-state index contributed by atoms with van der Waals surface area (Å²) in [7, 11) is -1.65. The van der Waals surface area contributed by atoms with Gasteiger partial charge in [0.25, 0.3) is 0 Å². The molecule has 0 bridgehead atoms. The molecule has 29 heavy (non-hydrogen) atoms. The summed E-state index contributed by atoms with van der Waals surface area (Å²) in [6.45, 7) is 3.39. The minimum Gasteiger partial charge on any atom is -0.325 e. The molecule has 1 amide bonds. The predicted molar refractivity (Wildman–Crippen MR) is 110 cm³/mol. The molecule has 1 N–H and O–H groups in total. The maximum atomic E-state index is 13.0. The number of sulfonamides is 1. The lowest BCUT2D eigenvalue weighted by Crippen LogP contribution is -2.39. The van der Waals surface area contributed by atoms with Crippen molar-refractivity contribution < 1.29 is 17.6 Å². The molecule has 0 saturated carbocycles. The van der Waals surface area contributed by atoms with E-state index in [2.05, 4.69) is 5.32 Å². The summed E-state index contributed by atoms with van der Waals surface area (Å²) >= 11 is 0. The Hall–Kier alpha value is -2.29. The van der Waals surface area contributed by atoms with Crippen LogP contribution in [0.2, 0.25) is 0 Å². The van der Waals surface area contributed by atoms with Gasteiger partial charge in [0, 0.05) is 25.3 Å². The zero-order valence-corrected chi connectivity index (χ0v) is 17.5. The molecule has 0 aromatic heterocycles. The molecule has 1 aliphatic rings. The van der Waals surface area contributed by atoms with E-state index in [9.17, 15) is 17.6 Å². The molecule has 6 nitrogen and oxygen atoms in total. The second-order valence-corrected chi connectivity index (χ2v) is 9.28. The first-order chi connectivity index (χ1) is 13.8. The standard InChI is InChI=1S/C21H26FN3O3S/c1-16(24(2)15-17-5-7-18(22)8-6-17)21(26)23-19-9-11-20(12-10-19)29(27,28)25-13-3-4-14-25/h5-12,16H,3-4,13-15H2,1-2H3,(H,23,26)/t16-/m0/s1. The Morgan fingerprint density at radius 3 is 2.28 bits per heavy atom. The Morgan fingerprint density at radius 2 is 1.69 bits per heavy atom. The zero-order chi connectivity index (χ0) is 21.0. The summed E-state index contributed by atoms with van der Waals surface area (Å²) in [5.41, 5.74) is 1.45. The number of hydrogen-bond acceptors (Lipinski definition) is 4. The SMILES string of the molecule is C[C@@H](C(=O)Nc1ccc(S(=O)(=O)N2CCCC2)cc1)N(C)Cc1ccc(F)cc1. The third-order valence-corrected chi connectivity index (χ3v) is 7.12. The lowest BCUT2D eigenvalue weighted by Gasteiger charge is -2.24. The fourth-order valence-electron chi connectivity index (χ4n) is 3.25. The van der Waals surface area contributed by atoms with Gasteiger partial charge in [0.2, 0.25) is 15.9 Å². The number of nitrogens with one attached hydrogen (secondary N) is 1. The van der Waals surface area contributed by atoms with E-state index in [0.717, 1.165) is 18.4 Å². The Kier molecular flexibility index (Phi) is 6.66. The van der Waals surface area contributed by atoms with Gasteiger partial charge in [0.05, 0.1) is 10.9 Å².